The van der Waals surface area contributed by atoms with Crippen molar-refractivity contribution < 1.29 is 23.8 Å². The summed E-state index contributed by atoms with van der Waals surface area (Å²) in [6, 6.07) is 21.5. The first-order valence-corrected chi connectivity index (χ1v) is 10.2. The molecular weight excluding hydrogens is 448 g/mol. The highest BCUT2D eigenvalue weighted by Gasteiger charge is 2.10. The number of carbonyl (C=O) groups excluding carboxylic acids is 2. The van der Waals surface area contributed by atoms with E-state index >= 15 is 0 Å². The van der Waals surface area contributed by atoms with Gasteiger partial charge in [-0.05, 0) is 60.5 Å². The second-order valence-corrected chi connectivity index (χ2v) is 7.42. The molecule has 0 saturated carbocycles. The Hall–Kier alpha value is -3.12. The van der Waals surface area contributed by atoms with E-state index in [0.29, 0.717) is 30.1 Å². The third-order valence-electron chi connectivity index (χ3n) is 4.27. The fourth-order valence-corrected chi connectivity index (χ4v) is 2.91. The third-order valence-corrected chi connectivity index (χ3v) is 5.16. The van der Waals surface area contributed by atoms with Gasteiger partial charge in [0.2, 0.25) is 0 Å². The summed E-state index contributed by atoms with van der Waals surface area (Å²) in [5.74, 6) is -0.0378. The van der Waals surface area contributed by atoms with Crippen LogP contribution >= 0.6 is 15.9 Å². The predicted octanol–water partition coefficient (Wildman–Crippen LogP) is 5.14. The predicted molar refractivity (Wildman–Crippen MR) is 117 cm³/mol. The van der Waals surface area contributed by atoms with Crippen molar-refractivity contribution in [2.45, 2.75) is 13.3 Å². The summed E-state index contributed by atoms with van der Waals surface area (Å²) in [5, 5.41) is 0. The van der Waals surface area contributed by atoms with Crippen LogP contribution in [0.1, 0.15) is 21.5 Å². The van der Waals surface area contributed by atoms with Crippen molar-refractivity contribution in [1.29, 1.82) is 0 Å². The Kier molecular flexibility index (Phi) is 7.63. The SMILES string of the molecule is Cc1cc(OCC(=O)Oc2ccc(C(=O)OCCc3ccccc3)cc2)ccc1Br. The maximum atomic E-state index is 12.1. The number of esters is 2. The van der Waals surface area contributed by atoms with Crippen LogP contribution in [0.25, 0.3) is 0 Å². The second-order valence-electron chi connectivity index (χ2n) is 6.57. The smallest absolute Gasteiger partial charge is 0.349 e. The van der Waals surface area contributed by atoms with Crippen molar-refractivity contribution in [2.75, 3.05) is 13.2 Å². The molecule has 0 fully saturated rings. The molecule has 0 aliphatic heterocycles. The van der Waals surface area contributed by atoms with Gasteiger partial charge in [-0.1, -0.05) is 46.3 Å². The molecule has 0 spiro atoms. The minimum Gasteiger partial charge on any atom is -0.482 e. The average Bonchev–Trinajstić information content (AvgIpc) is 2.76. The number of benzene rings is 3. The number of halogens is 1. The van der Waals surface area contributed by atoms with Gasteiger partial charge in [-0.15, -0.1) is 0 Å². The summed E-state index contributed by atoms with van der Waals surface area (Å²) >= 11 is 3.41. The van der Waals surface area contributed by atoms with Gasteiger partial charge in [-0.25, -0.2) is 9.59 Å². The van der Waals surface area contributed by atoms with E-state index in [1.54, 1.807) is 30.3 Å². The number of hydrogen-bond acceptors (Lipinski definition) is 5. The minimum absolute atomic E-state index is 0.218. The topological polar surface area (TPSA) is 61.8 Å². The summed E-state index contributed by atoms with van der Waals surface area (Å²) in [5.41, 5.74) is 2.50. The van der Waals surface area contributed by atoms with Crippen molar-refractivity contribution in [2.24, 2.45) is 0 Å². The molecule has 0 atom stereocenters. The number of rotatable bonds is 8. The van der Waals surface area contributed by atoms with Crippen molar-refractivity contribution >= 4 is 27.9 Å². The molecule has 0 bridgehead atoms. The van der Waals surface area contributed by atoms with E-state index in [9.17, 15) is 9.59 Å². The number of aryl methyl sites for hydroxylation is 1. The lowest BCUT2D eigenvalue weighted by Gasteiger charge is -2.09. The second kappa shape index (κ2) is 10.6. The summed E-state index contributed by atoms with van der Waals surface area (Å²) < 4.78 is 16.9. The Labute approximate surface area is 183 Å². The van der Waals surface area contributed by atoms with Crippen molar-refractivity contribution in [3.8, 4) is 11.5 Å². The van der Waals surface area contributed by atoms with Crippen LogP contribution < -0.4 is 9.47 Å². The van der Waals surface area contributed by atoms with E-state index in [1.807, 2.05) is 49.4 Å². The van der Waals surface area contributed by atoms with Crippen LogP contribution in [0.15, 0.2) is 77.3 Å². The maximum absolute atomic E-state index is 12.1. The number of carbonyl (C=O) groups is 2. The van der Waals surface area contributed by atoms with Crippen LogP contribution in [0.4, 0.5) is 0 Å². The van der Waals surface area contributed by atoms with Gasteiger partial charge in [0, 0.05) is 10.9 Å². The molecule has 5 nitrogen and oxygen atoms in total. The van der Waals surface area contributed by atoms with E-state index in [-0.39, 0.29) is 6.61 Å². The molecule has 0 aromatic heterocycles. The van der Waals surface area contributed by atoms with Crippen LogP contribution in [-0.2, 0) is 16.0 Å². The first kappa shape index (κ1) is 21.6. The molecular formula is C24H21BrO5. The molecule has 0 radical (unpaired) electrons. The lowest BCUT2D eigenvalue weighted by atomic mass is 10.2. The zero-order valence-corrected chi connectivity index (χ0v) is 18.1. The fraction of sp³-hybridized carbons (Fsp3) is 0.167. The van der Waals surface area contributed by atoms with Crippen LogP contribution in [0.5, 0.6) is 11.5 Å². The molecule has 6 heteroatoms. The van der Waals surface area contributed by atoms with E-state index in [1.165, 1.54) is 0 Å². The molecule has 0 amide bonds. The summed E-state index contributed by atoms with van der Waals surface area (Å²) in [6.45, 7) is 2.01. The van der Waals surface area contributed by atoms with E-state index < -0.39 is 11.9 Å². The molecule has 3 aromatic carbocycles. The summed E-state index contributed by atoms with van der Waals surface area (Å²) in [4.78, 5) is 24.1. The fourth-order valence-electron chi connectivity index (χ4n) is 2.66. The van der Waals surface area contributed by atoms with Gasteiger partial charge in [-0.2, -0.15) is 0 Å². The Morgan fingerprint density at radius 2 is 1.60 bits per heavy atom. The van der Waals surface area contributed by atoms with Crippen LogP contribution in [0, 0.1) is 6.92 Å². The van der Waals surface area contributed by atoms with Crippen molar-refractivity contribution in [3.05, 3.63) is 94.0 Å². The molecule has 0 aliphatic carbocycles. The van der Waals surface area contributed by atoms with E-state index in [2.05, 4.69) is 15.9 Å². The van der Waals surface area contributed by atoms with Gasteiger partial charge in [-0.3, -0.25) is 0 Å². The first-order chi connectivity index (χ1) is 14.5. The summed E-state index contributed by atoms with van der Waals surface area (Å²) in [6.07, 6.45) is 0.653. The average molecular weight is 469 g/mol. The number of ether oxygens (including phenoxy) is 3. The van der Waals surface area contributed by atoms with E-state index in [4.69, 9.17) is 14.2 Å². The van der Waals surface area contributed by atoms with Gasteiger partial charge >= 0.3 is 11.9 Å². The first-order valence-electron chi connectivity index (χ1n) is 9.42. The Morgan fingerprint density at radius 1 is 0.900 bits per heavy atom. The largest absolute Gasteiger partial charge is 0.482 e. The van der Waals surface area contributed by atoms with Gasteiger partial charge in [0.05, 0.1) is 12.2 Å². The number of hydrogen-bond donors (Lipinski definition) is 0. The molecule has 30 heavy (non-hydrogen) atoms. The van der Waals surface area contributed by atoms with Gasteiger partial charge in [0.25, 0.3) is 0 Å². The normalized spacial score (nSPS) is 10.3. The highest BCUT2D eigenvalue weighted by atomic mass is 79.9. The standard InChI is InChI=1S/C24H21BrO5/c1-17-15-21(11-12-22(17)25)29-16-23(26)30-20-9-7-19(8-10-20)24(27)28-14-13-18-5-3-2-4-6-18/h2-12,15H,13-14,16H2,1H3. The molecule has 3 rings (SSSR count). The Balaban J connectivity index is 1.44. The van der Waals surface area contributed by atoms with Crippen LogP contribution in [0.3, 0.4) is 0 Å². The molecule has 0 unspecified atom stereocenters. The minimum atomic E-state index is -0.534. The van der Waals surface area contributed by atoms with Crippen molar-refractivity contribution in [1.82, 2.24) is 0 Å². The lowest BCUT2D eigenvalue weighted by Crippen LogP contribution is -2.17. The molecule has 0 aliphatic rings. The maximum Gasteiger partial charge on any atom is 0.349 e. The molecule has 154 valence electrons. The summed E-state index contributed by atoms with van der Waals surface area (Å²) in [7, 11) is 0. The van der Waals surface area contributed by atoms with Crippen LogP contribution in [0.2, 0.25) is 0 Å². The van der Waals surface area contributed by atoms with Gasteiger partial charge in [0.15, 0.2) is 6.61 Å². The Bertz CT molecular complexity index is 1000. The third kappa shape index (κ3) is 6.46. The molecule has 0 saturated heterocycles. The molecule has 0 N–H and O–H groups in total. The molecule has 0 heterocycles. The van der Waals surface area contributed by atoms with Crippen LogP contribution in [-0.4, -0.2) is 25.2 Å². The Morgan fingerprint density at radius 3 is 2.30 bits per heavy atom. The zero-order chi connectivity index (χ0) is 21.3. The quantitative estimate of drug-likeness (QED) is 0.338. The van der Waals surface area contributed by atoms with E-state index in [0.717, 1.165) is 15.6 Å². The molecule has 3 aromatic rings. The lowest BCUT2D eigenvalue weighted by molar-refractivity contribution is -0.136. The monoisotopic (exact) mass is 468 g/mol. The van der Waals surface area contributed by atoms with Crippen molar-refractivity contribution in [3.63, 3.8) is 0 Å². The highest BCUT2D eigenvalue weighted by molar-refractivity contribution is 9.10. The van der Waals surface area contributed by atoms with Gasteiger partial charge in [0.1, 0.15) is 11.5 Å². The zero-order valence-electron chi connectivity index (χ0n) is 16.5. The highest BCUT2D eigenvalue weighted by Crippen LogP contribution is 2.21. The van der Waals surface area contributed by atoms with Gasteiger partial charge < -0.3 is 14.2 Å².